The number of anilines is 1. The van der Waals surface area contributed by atoms with Gasteiger partial charge in [-0.3, -0.25) is 9.78 Å². The molecule has 3 aromatic rings. The molecule has 1 amide bonds. The van der Waals surface area contributed by atoms with Crippen LogP contribution in [0.1, 0.15) is 21.7 Å². The highest BCUT2D eigenvalue weighted by Crippen LogP contribution is 2.08. The number of hydrogen-bond donors (Lipinski definition) is 1. The van der Waals surface area contributed by atoms with Crippen molar-refractivity contribution in [3.63, 3.8) is 0 Å². The second-order valence-electron chi connectivity index (χ2n) is 5.61. The monoisotopic (exact) mass is 333 g/mol. The minimum absolute atomic E-state index is 0.160. The fourth-order valence-electron chi connectivity index (χ4n) is 2.34. The van der Waals surface area contributed by atoms with E-state index in [1.807, 2.05) is 48.5 Å². The summed E-state index contributed by atoms with van der Waals surface area (Å²) in [6.45, 7) is 1.08. The van der Waals surface area contributed by atoms with Gasteiger partial charge in [0.1, 0.15) is 11.5 Å². The van der Waals surface area contributed by atoms with E-state index in [0.29, 0.717) is 24.6 Å². The van der Waals surface area contributed by atoms with E-state index in [9.17, 15) is 4.79 Å². The summed E-state index contributed by atoms with van der Waals surface area (Å²) in [6, 6.07) is 15.6. The smallest absolute Gasteiger partial charge is 0.274 e. The molecule has 2 heterocycles. The standard InChI is InChI=1S/C19H19N5O/c1-24(14-15-7-3-2-4-8-15)19(25)17-12-23-18(13-21-17)22-11-16-9-5-6-10-20-16/h2-10,12-13H,11,14H2,1H3,(H,22,23). The first-order valence-electron chi connectivity index (χ1n) is 7.97. The molecule has 25 heavy (non-hydrogen) atoms. The van der Waals surface area contributed by atoms with Gasteiger partial charge in [-0.2, -0.15) is 0 Å². The maximum atomic E-state index is 12.4. The van der Waals surface area contributed by atoms with Gasteiger partial charge in [0.2, 0.25) is 0 Å². The molecule has 0 atom stereocenters. The van der Waals surface area contributed by atoms with E-state index >= 15 is 0 Å². The number of pyridine rings is 1. The predicted molar refractivity (Wildman–Crippen MR) is 95.8 cm³/mol. The molecule has 0 bridgehead atoms. The highest BCUT2D eigenvalue weighted by Gasteiger charge is 2.14. The summed E-state index contributed by atoms with van der Waals surface area (Å²) in [7, 11) is 1.75. The summed E-state index contributed by atoms with van der Waals surface area (Å²) in [5.41, 5.74) is 2.30. The normalized spacial score (nSPS) is 10.3. The van der Waals surface area contributed by atoms with Crippen LogP contribution in [0, 0.1) is 0 Å². The number of carbonyl (C=O) groups is 1. The molecule has 6 nitrogen and oxygen atoms in total. The molecule has 0 fully saturated rings. The summed E-state index contributed by atoms with van der Waals surface area (Å²) >= 11 is 0. The van der Waals surface area contributed by atoms with Gasteiger partial charge in [-0.1, -0.05) is 36.4 Å². The van der Waals surface area contributed by atoms with Gasteiger partial charge in [0, 0.05) is 19.8 Å². The first-order valence-corrected chi connectivity index (χ1v) is 7.97. The molecule has 1 N–H and O–H groups in total. The van der Waals surface area contributed by atoms with E-state index < -0.39 is 0 Å². The zero-order chi connectivity index (χ0) is 17.5. The summed E-state index contributed by atoms with van der Waals surface area (Å²) in [5.74, 6) is 0.445. The van der Waals surface area contributed by atoms with Gasteiger partial charge >= 0.3 is 0 Å². The summed E-state index contributed by atoms with van der Waals surface area (Å²) in [4.78, 5) is 26.8. The minimum Gasteiger partial charge on any atom is -0.363 e. The van der Waals surface area contributed by atoms with E-state index in [-0.39, 0.29) is 5.91 Å². The van der Waals surface area contributed by atoms with E-state index in [4.69, 9.17) is 0 Å². The van der Waals surface area contributed by atoms with E-state index in [2.05, 4.69) is 20.3 Å². The fraction of sp³-hybridized carbons (Fsp3) is 0.158. The highest BCUT2D eigenvalue weighted by atomic mass is 16.2. The average Bonchev–Trinajstić information content (AvgIpc) is 2.68. The lowest BCUT2D eigenvalue weighted by Gasteiger charge is -2.16. The van der Waals surface area contributed by atoms with E-state index in [0.717, 1.165) is 11.3 Å². The van der Waals surface area contributed by atoms with Gasteiger partial charge in [0.05, 0.1) is 24.6 Å². The number of nitrogens with zero attached hydrogens (tertiary/aromatic N) is 4. The second kappa shape index (κ2) is 8.01. The zero-order valence-electron chi connectivity index (χ0n) is 14.0. The largest absolute Gasteiger partial charge is 0.363 e. The van der Waals surface area contributed by atoms with Crippen LogP contribution in [0.5, 0.6) is 0 Å². The third kappa shape index (κ3) is 4.60. The third-order valence-electron chi connectivity index (χ3n) is 3.66. The van der Waals surface area contributed by atoms with Gasteiger partial charge in [0.25, 0.3) is 5.91 Å². The Kier molecular flexibility index (Phi) is 5.31. The van der Waals surface area contributed by atoms with Gasteiger partial charge < -0.3 is 10.2 Å². The molecule has 2 aromatic heterocycles. The van der Waals surface area contributed by atoms with Crippen LogP contribution in [0.4, 0.5) is 5.82 Å². The minimum atomic E-state index is -0.160. The first kappa shape index (κ1) is 16.6. The quantitative estimate of drug-likeness (QED) is 0.751. The molecule has 126 valence electrons. The maximum absolute atomic E-state index is 12.4. The van der Waals surface area contributed by atoms with Crippen molar-refractivity contribution in [2.75, 3.05) is 12.4 Å². The Morgan fingerprint density at radius 3 is 2.48 bits per heavy atom. The van der Waals surface area contributed by atoms with Crippen LogP contribution in [0.3, 0.4) is 0 Å². The Balaban J connectivity index is 1.58. The number of hydrogen-bond acceptors (Lipinski definition) is 5. The first-order chi connectivity index (χ1) is 12.2. The summed E-state index contributed by atoms with van der Waals surface area (Å²) in [6.07, 6.45) is 4.80. The fourth-order valence-corrected chi connectivity index (χ4v) is 2.34. The molecule has 0 unspecified atom stereocenters. The van der Waals surface area contributed by atoms with Crippen molar-refractivity contribution in [1.29, 1.82) is 0 Å². The molecule has 0 radical (unpaired) electrons. The van der Waals surface area contributed by atoms with Crippen LogP contribution >= 0.6 is 0 Å². The highest BCUT2D eigenvalue weighted by molar-refractivity contribution is 5.91. The van der Waals surface area contributed by atoms with Crippen LogP contribution in [-0.4, -0.2) is 32.8 Å². The van der Waals surface area contributed by atoms with Crippen molar-refractivity contribution in [3.8, 4) is 0 Å². The predicted octanol–water partition coefficient (Wildman–Crippen LogP) is 2.76. The topological polar surface area (TPSA) is 71.0 Å². The van der Waals surface area contributed by atoms with Crippen LogP contribution in [0.15, 0.2) is 67.1 Å². The molecule has 0 saturated heterocycles. The second-order valence-corrected chi connectivity index (χ2v) is 5.61. The van der Waals surface area contributed by atoms with Crippen LogP contribution in [-0.2, 0) is 13.1 Å². The third-order valence-corrected chi connectivity index (χ3v) is 3.66. The van der Waals surface area contributed by atoms with Gasteiger partial charge in [-0.15, -0.1) is 0 Å². The lowest BCUT2D eigenvalue weighted by molar-refractivity contribution is 0.0779. The Bertz CT molecular complexity index is 806. The number of benzene rings is 1. The van der Waals surface area contributed by atoms with Crippen molar-refractivity contribution in [1.82, 2.24) is 19.9 Å². The molecule has 0 spiro atoms. The lowest BCUT2D eigenvalue weighted by Crippen LogP contribution is -2.27. The Morgan fingerprint density at radius 2 is 1.80 bits per heavy atom. The Hall–Kier alpha value is -3.28. The van der Waals surface area contributed by atoms with E-state index in [1.165, 1.54) is 6.20 Å². The van der Waals surface area contributed by atoms with Gasteiger partial charge in [-0.25, -0.2) is 9.97 Å². The molecule has 0 saturated carbocycles. The molecule has 0 aliphatic heterocycles. The Labute approximate surface area is 146 Å². The number of rotatable bonds is 6. The number of aromatic nitrogens is 3. The van der Waals surface area contributed by atoms with Crippen molar-refractivity contribution < 1.29 is 4.79 Å². The number of carbonyl (C=O) groups excluding carboxylic acids is 1. The van der Waals surface area contributed by atoms with Crippen molar-refractivity contribution in [2.24, 2.45) is 0 Å². The van der Waals surface area contributed by atoms with Gasteiger partial charge in [0.15, 0.2) is 0 Å². The van der Waals surface area contributed by atoms with Crippen molar-refractivity contribution >= 4 is 11.7 Å². The van der Waals surface area contributed by atoms with E-state index in [1.54, 1.807) is 24.3 Å². The van der Waals surface area contributed by atoms with Crippen LogP contribution in [0.25, 0.3) is 0 Å². The summed E-state index contributed by atoms with van der Waals surface area (Å²) in [5, 5.41) is 3.14. The summed E-state index contributed by atoms with van der Waals surface area (Å²) < 4.78 is 0. The molecule has 0 aliphatic rings. The number of nitrogens with one attached hydrogen (secondary N) is 1. The Morgan fingerprint density at radius 1 is 1.00 bits per heavy atom. The molecule has 1 aromatic carbocycles. The average molecular weight is 333 g/mol. The lowest BCUT2D eigenvalue weighted by atomic mass is 10.2. The van der Waals surface area contributed by atoms with Crippen LogP contribution < -0.4 is 5.32 Å². The molecular formula is C19H19N5O. The molecule has 6 heteroatoms. The molecule has 0 aliphatic carbocycles. The van der Waals surface area contributed by atoms with Crippen molar-refractivity contribution in [2.45, 2.75) is 13.1 Å². The SMILES string of the molecule is CN(Cc1ccccc1)C(=O)c1cnc(NCc2ccccn2)cn1. The zero-order valence-corrected chi connectivity index (χ0v) is 14.0. The van der Waals surface area contributed by atoms with Gasteiger partial charge in [-0.05, 0) is 17.7 Å². The molecule has 3 rings (SSSR count). The van der Waals surface area contributed by atoms with Crippen molar-refractivity contribution in [3.05, 3.63) is 84.1 Å². The van der Waals surface area contributed by atoms with Crippen LogP contribution in [0.2, 0.25) is 0 Å². The number of amides is 1. The maximum Gasteiger partial charge on any atom is 0.274 e. The molecular weight excluding hydrogens is 314 g/mol.